The molecule has 0 aliphatic rings. The number of nitro groups is 1. The van der Waals surface area contributed by atoms with Crippen LogP contribution in [-0.4, -0.2) is 24.1 Å². The van der Waals surface area contributed by atoms with Gasteiger partial charge in [0, 0.05) is 12.6 Å². The van der Waals surface area contributed by atoms with Crippen molar-refractivity contribution in [1.82, 2.24) is 5.32 Å². The fourth-order valence-electron chi connectivity index (χ4n) is 1.30. The summed E-state index contributed by atoms with van der Waals surface area (Å²) in [6, 6.07) is 4.11. The average Bonchev–Trinajstić information content (AvgIpc) is 2.23. The lowest BCUT2D eigenvalue weighted by molar-refractivity contribution is -0.388. The first kappa shape index (κ1) is 13.4. The van der Waals surface area contributed by atoms with Crippen LogP contribution < -0.4 is 10.1 Å². The van der Waals surface area contributed by atoms with Gasteiger partial charge in [-0.3, -0.25) is 10.1 Å². The quantitative estimate of drug-likeness (QED) is 0.471. The first-order valence-corrected chi connectivity index (χ1v) is 5.31. The lowest BCUT2D eigenvalue weighted by Crippen LogP contribution is -2.27. The van der Waals surface area contributed by atoms with E-state index in [1.54, 1.807) is 0 Å². The van der Waals surface area contributed by atoms with E-state index in [2.05, 4.69) is 5.32 Å². The molecule has 17 heavy (non-hydrogen) atoms. The summed E-state index contributed by atoms with van der Waals surface area (Å²) >= 11 is 0. The van der Waals surface area contributed by atoms with Gasteiger partial charge in [-0.25, -0.2) is 0 Å². The second kappa shape index (κ2) is 6.15. The van der Waals surface area contributed by atoms with Crippen LogP contribution in [0, 0.1) is 15.9 Å². The maximum Gasteiger partial charge on any atom is 0.346 e. The van der Waals surface area contributed by atoms with Gasteiger partial charge >= 0.3 is 5.69 Å². The SMILES string of the molecule is CC(C)NCCOc1cccc(F)c1[N+](=O)[O-]. The Bertz CT molecular complexity index is 396. The van der Waals surface area contributed by atoms with Crippen LogP contribution in [0.15, 0.2) is 18.2 Å². The summed E-state index contributed by atoms with van der Waals surface area (Å²) in [4.78, 5) is 9.88. The molecule has 0 aliphatic heterocycles. The van der Waals surface area contributed by atoms with Gasteiger partial charge in [-0.2, -0.15) is 4.39 Å². The highest BCUT2D eigenvalue weighted by molar-refractivity contribution is 5.47. The predicted molar refractivity (Wildman–Crippen MR) is 61.7 cm³/mol. The summed E-state index contributed by atoms with van der Waals surface area (Å²) in [7, 11) is 0. The van der Waals surface area contributed by atoms with Crippen molar-refractivity contribution in [3.63, 3.8) is 0 Å². The second-order valence-electron chi connectivity index (χ2n) is 3.80. The summed E-state index contributed by atoms with van der Waals surface area (Å²) in [5.74, 6) is -0.926. The Kier molecular flexibility index (Phi) is 4.84. The van der Waals surface area contributed by atoms with E-state index in [1.807, 2.05) is 13.8 Å². The van der Waals surface area contributed by atoms with Crippen molar-refractivity contribution in [3.8, 4) is 5.75 Å². The first-order valence-electron chi connectivity index (χ1n) is 5.31. The standard InChI is InChI=1S/C11H15FN2O3/c1-8(2)13-6-7-17-10-5-3-4-9(12)11(10)14(15)16/h3-5,8,13H,6-7H2,1-2H3. The fourth-order valence-corrected chi connectivity index (χ4v) is 1.30. The summed E-state index contributed by atoms with van der Waals surface area (Å²) in [5.41, 5.74) is -0.614. The molecule has 0 saturated heterocycles. The van der Waals surface area contributed by atoms with Crippen LogP contribution in [0.5, 0.6) is 5.75 Å². The van der Waals surface area contributed by atoms with Crippen LogP contribution in [0.25, 0.3) is 0 Å². The molecule has 0 radical (unpaired) electrons. The van der Waals surface area contributed by atoms with Gasteiger partial charge in [0.05, 0.1) is 4.92 Å². The van der Waals surface area contributed by atoms with Crippen LogP contribution in [-0.2, 0) is 0 Å². The Labute approximate surface area is 98.7 Å². The molecule has 1 aromatic carbocycles. The maximum atomic E-state index is 13.2. The number of para-hydroxylation sites is 1. The predicted octanol–water partition coefficient (Wildman–Crippen LogP) is 2.11. The van der Waals surface area contributed by atoms with Gasteiger partial charge in [0.25, 0.3) is 0 Å². The minimum atomic E-state index is -0.885. The Morgan fingerprint density at radius 1 is 1.53 bits per heavy atom. The third kappa shape index (κ3) is 3.99. The van der Waals surface area contributed by atoms with Gasteiger partial charge < -0.3 is 10.1 Å². The molecule has 0 amide bonds. The number of ether oxygens (including phenoxy) is 1. The molecule has 1 rings (SSSR count). The Morgan fingerprint density at radius 2 is 2.24 bits per heavy atom. The monoisotopic (exact) mass is 242 g/mol. The van der Waals surface area contributed by atoms with Crippen molar-refractivity contribution in [2.75, 3.05) is 13.2 Å². The minimum absolute atomic E-state index is 0.0412. The highest BCUT2D eigenvalue weighted by atomic mass is 19.1. The van der Waals surface area contributed by atoms with Gasteiger partial charge in [-0.15, -0.1) is 0 Å². The molecule has 0 heterocycles. The summed E-state index contributed by atoms with van der Waals surface area (Å²) in [5, 5.41) is 13.7. The number of nitrogens with one attached hydrogen (secondary N) is 1. The van der Waals surface area contributed by atoms with Gasteiger partial charge in [0.2, 0.25) is 5.82 Å². The molecule has 1 aromatic rings. The topological polar surface area (TPSA) is 64.4 Å². The van der Waals surface area contributed by atoms with E-state index < -0.39 is 16.4 Å². The Morgan fingerprint density at radius 3 is 2.82 bits per heavy atom. The van der Waals surface area contributed by atoms with Crippen LogP contribution in [0.2, 0.25) is 0 Å². The van der Waals surface area contributed by atoms with E-state index in [1.165, 1.54) is 12.1 Å². The zero-order valence-electron chi connectivity index (χ0n) is 9.77. The van der Waals surface area contributed by atoms with Crippen molar-refractivity contribution < 1.29 is 14.1 Å². The summed E-state index contributed by atoms with van der Waals surface area (Å²) < 4.78 is 18.4. The van der Waals surface area contributed by atoms with Crippen molar-refractivity contribution in [3.05, 3.63) is 34.1 Å². The third-order valence-corrected chi connectivity index (χ3v) is 2.04. The first-order chi connectivity index (χ1) is 8.02. The largest absolute Gasteiger partial charge is 0.485 e. The zero-order chi connectivity index (χ0) is 12.8. The number of nitro benzene ring substituents is 1. The number of benzene rings is 1. The molecular formula is C11H15FN2O3. The lowest BCUT2D eigenvalue weighted by atomic mass is 10.3. The van der Waals surface area contributed by atoms with Crippen molar-refractivity contribution >= 4 is 5.69 Å². The molecule has 6 heteroatoms. The van der Waals surface area contributed by atoms with Crippen LogP contribution >= 0.6 is 0 Å². The van der Waals surface area contributed by atoms with E-state index in [-0.39, 0.29) is 12.4 Å². The Hall–Kier alpha value is -1.69. The van der Waals surface area contributed by atoms with E-state index in [0.717, 1.165) is 6.07 Å². The van der Waals surface area contributed by atoms with Crippen molar-refractivity contribution in [2.45, 2.75) is 19.9 Å². The highest BCUT2D eigenvalue weighted by Crippen LogP contribution is 2.29. The molecule has 0 unspecified atom stereocenters. The van der Waals surface area contributed by atoms with Gasteiger partial charge in [-0.1, -0.05) is 19.9 Å². The fraction of sp³-hybridized carbons (Fsp3) is 0.455. The normalized spacial score (nSPS) is 10.6. The highest BCUT2D eigenvalue weighted by Gasteiger charge is 2.20. The van der Waals surface area contributed by atoms with Gasteiger partial charge in [-0.05, 0) is 12.1 Å². The molecular weight excluding hydrogens is 227 g/mol. The molecule has 0 atom stereocenters. The van der Waals surface area contributed by atoms with E-state index in [4.69, 9.17) is 4.74 Å². The number of hydrogen-bond acceptors (Lipinski definition) is 4. The molecule has 5 nitrogen and oxygen atoms in total. The second-order valence-corrected chi connectivity index (χ2v) is 3.80. The van der Waals surface area contributed by atoms with Gasteiger partial charge in [0.1, 0.15) is 6.61 Å². The molecule has 0 saturated carbocycles. The third-order valence-electron chi connectivity index (χ3n) is 2.04. The van der Waals surface area contributed by atoms with Crippen LogP contribution in [0.3, 0.4) is 0 Å². The number of halogens is 1. The van der Waals surface area contributed by atoms with Crippen molar-refractivity contribution in [1.29, 1.82) is 0 Å². The zero-order valence-corrected chi connectivity index (χ0v) is 9.77. The van der Waals surface area contributed by atoms with E-state index >= 15 is 0 Å². The molecule has 0 bridgehead atoms. The number of nitrogens with zero attached hydrogens (tertiary/aromatic N) is 1. The van der Waals surface area contributed by atoms with Crippen LogP contribution in [0.1, 0.15) is 13.8 Å². The Balaban J connectivity index is 2.64. The molecule has 0 fully saturated rings. The number of rotatable bonds is 6. The maximum absolute atomic E-state index is 13.2. The average molecular weight is 242 g/mol. The molecule has 1 N–H and O–H groups in total. The van der Waals surface area contributed by atoms with Gasteiger partial charge in [0.15, 0.2) is 5.75 Å². The smallest absolute Gasteiger partial charge is 0.346 e. The molecule has 0 aliphatic carbocycles. The molecule has 94 valence electrons. The molecule has 0 spiro atoms. The lowest BCUT2D eigenvalue weighted by Gasteiger charge is -2.09. The van der Waals surface area contributed by atoms with Crippen molar-refractivity contribution in [2.24, 2.45) is 0 Å². The minimum Gasteiger partial charge on any atom is -0.485 e. The number of hydrogen-bond donors (Lipinski definition) is 1. The molecule has 0 aromatic heterocycles. The summed E-state index contributed by atoms with van der Waals surface area (Å²) in [6.45, 7) is 4.75. The van der Waals surface area contributed by atoms with E-state index in [0.29, 0.717) is 12.6 Å². The van der Waals surface area contributed by atoms with Crippen LogP contribution in [0.4, 0.5) is 10.1 Å². The summed E-state index contributed by atoms with van der Waals surface area (Å²) in [6.07, 6.45) is 0. The van der Waals surface area contributed by atoms with E-state index in [9.17, 15) is 14.5 Å².